The van der Waals surface area contributed by atoms with Crippen LogP contribution in [0.5, 0.6) is 5.75 Å². The summed E-state index contributed by atoms with van der Waals surface area (Å²) in [4.78, 5) is 216. The molecule has 0 saturated carbocycles. The molecule has 3 aromatic carbocycles. The van der Waals surface area contributed by atoms with Crippen LogP contribution in [0.3, 0.4) is 0 Å². The van der Waals surface area contributed by atoms with Crippen molar-refractivity contribution in [1.29, 1.82) is 0 Å². The van der Waals surface area contributed by atoms with Crippen molar-refractivity contribution in [3.63, 3.8) is 0 Å². The molecule has 3 aromatic heterocycles. The molecule has 0 unspecified atom stereocenters. The minimum absolute atomic E-state index is 0.0251. The molecular formula is C79H106N18O16S2. The minimum Gasteiger partial charge on any atom is -0.508 e. The number of benzene rings is 3. The zero-order valence-corrected chi connectivity index (χ0v) is 66.9. The van der Waals surface area contributed by atoms with Crippen molar-refractivity contribution >= 4 is 126 Å². The summed E-state index contributed by atoms with van der Waals surface area (Å²) in [6.07, 6.45) is 7.47. The second-order valence-corrected chi connectivity index (χ2v) is 32.9. The second-order valence-electron chi connectivity index (χ2n) is 30.4. The fourth-order valence-corrected chi connectivity index (χ4v) is 16.6. The number of para-hydroxylation sites is 2. The van der Waals surface area contributed by atoms with E-state index in [1.54, 1.807) is 46.2 Å². The number of phenols is 1. The van der Waals surface area contributed by atoms with Crippen LogP contribution in [0.1, 0.15) is 135 Å². The van der Waals surface area contributed by atoms with E-state index >= 15 is 4.79 Å². The maximum absolute atomic E-state index is 15.1. The molecule has 3 aliphatic heterocycles. The zero-order chi connectivity index (χ0) is 83.2. The number of H-pyrrole nitrogens is 3. The van der Waals surface area contributed by atoms with E-state index in [1.165, 1.54) is 53.5 Å². The second kappa shape index (κ2) is 41.9. The number of hydrogen-bond acceptors (Lipinski definition) is 19. The molecule has 115 heavy (non-hydrogen) atoms. The van der Waals surface area contributed by atoms with Crippen molar-refractivity contribution in [2.45, 2.75) is 216 Å². The lowest BCUT2D eigenvalue weighted by Crippen LogP contribution is -2.61. The number of nitrogens with zero attached hydrogens (tertiary/aromatic N) is 3. The standard InChI is InChI=1S/C79H106N18O16S2/c1-7-8-17-55(69(102)93-61(79(112)113)32-45-22-24-49(98)25-23-45)88-76(109)65-21-14-29-97(65)77(110)62-39-114-115-40-63(78(111)96-28-13-20-64(96)75(108)86-44(6)67(100)94-62)95-72(105)58(31-43(4)5)90-70(103)56(26-27-66(81)99)87-71(104)57(30-42(2)3)91-73(106)59(34-47-37-84-54-19-12-10-16-51(47)54)92-74(107)60(35-48-38-82-41-85-48)89-68(101)52(80)33-46-36-83-53-18-11-9-15-50(46)53/h9-12,15-16,18-19,22-25,36-38,41-44,52,55-65,83-84,98H,7-8,13-14,17,20-21,26-35,39-40,80H2,1-6H3,(H2,81,99)(H,82,85)(H,86,108)(H,87,104)(H,88,109)(H,89,101)(H,90,103)(H,91,106)(H,92,107)(H,93,102)(H,94,100)(H,95,105)(H,112,113)/t44-,52+,55+,56+,57+,58+,59+,60+,61+,62+,63+,64+,65+/m1/s1. The third kappa shape index (κ3) is 24.8. The van der Waals surface area contributed by atoms with E-state index in [1.807, 2.05) is 49.4 Å². The zero-order valence-electron chi connectivity index (χ0n) is 65.3. The van der Waals surface area contributed by atoms with Gasteiger partial charge < -0.3 is 99.6 Å². The van der Waals surface area contributed by atoms with Crippen LogP contribution in [0.25, 0.3) is 21.8 Å². The molecule has 0 bridgehead atoms. The molecule has 0 aliphatic carbocycles. The molecule has 0 radical (unpaired) electrons. The predicted molar refractivity (Wildman–Crippen MR) is 430 cm³/mol. The monoisotopic (exact) mass is 1630 g/mol. The number of rotatable bonds is 36. The van der Waals surface area contributed by atoms with Crippen LogP contribution in [0.4, 0.5) is 0 Å². The number of likely N-dealkylation sites (tertiary alicyclic amines) is 1. The number of fused-ring (bicyclic) bond motifs is 3. The molecule has 3 saturated heterocycles. The molecular weight excluding hydrogens is 1520 g/mol. The quantitative estimate of drug-likeness (QED) is 0.0248. The Labute approximate surface area is 673 Å². The smallest absolute Gasteiger partial charge is 0.326 e. The van der Waals surface area contributed by atoms with E-state index < -0.39 is 168 Å². The third-order valence-corrected chi connectivity index (χ3v) is 22.9. The summed E-state index contributed by atoms with van der Waals surface area (Å²) in [6, 6.07) is 3.48. The summed E-state index contributed by atoms with van der Waals surface area (Å²) in [5.74, 6) is -12.4. The maximum Gasteiger partial charge on any atom is 0.326 e. The Balaban J connectivity index is 0.898. The number of amides is 13. The third-order valence-electron chi connectivity index (χ3n) is 20.5. The molecule has 13 amide bonds. The predicted octanol–water partition coefficient (Wildman–Crippen LogP) is 1.55. The number of imidazole rings is 1. The SMILES string of the molecule is CCCC[C@H](NC(=O)[C@@H]1CCCN1C(=O)[C@@H]1CSSC[C@H](NC(=O)[C@H](CC(C)C)NC(=O)[C@H](CCC(N)=O)NC(=O)[C@H](CC(C)C)NC(=O)[C@H](Cc2c[nH]c3ccccc23)NC(=O)[C@H](Cc2cnc[nH]2)NC(=O)[C@@H](N)Cc2c[nH]c3ccccc23)C(=O)N2CCC[C@H]2C(=O)N[C@H](C)C(=O)N1)C(=O)N[C@@H](Cc1ccc(O)cc1)C(=O)O. The van der Waals surface area contributed by atoms with E-state index in [0.29, 0.717) is 42.5 Å². The van der Waals surface area contributed by atoms with Gasteiger partial charge >= 0.3 is 5.97 Å². The van der Waals surface area contributed by atoms with Crippen LogP contribution < -0.4 is 64.6 Å². The lowest BCUT2D eigenvalue weighted by atomic mass is 9.99. The highest BCUT2D eigenvalue weighted by molar-refractivity contribution is 8.76. The summed E-state index contributed by atoms with van der Waals surface area (Å²) < 4.78 is 0. The fraction of sp³-hybridized carbons (Fsp3) is 0.506. The molecule has 6 heterocycles. The molecule has 36 heteroatoms. The van der Waals surface area contributed by atoms with E-state index in [0.717, 1.165) is 49.0 Å². The van der Waals surface area contributed by atoms with Crippen LogP contribution in [0, 0.1) is 11.8 Å². The normalized spacial score (nSPS) is 19.6. The van der Waals surface area contributed by atoms with Crippen molar-refractivity contribution in [2.24, 2.45) is 23.3 Å². The summed E-state index contributed by atoms with van der Waals surface area (Å²) >= 11 is 0. The van der Waals surface area contributed by atoms with Crippen molar-refractivity contribution in [3.8, 4) is 5.75 Å². The first kappa shape index (κ1) is 87.9. The van der Waals surface area contributed by atoms with Gasteiger partial charge in [0, 0.05) is 96.4 Å². The molecule has 9 rings (SSSR count). The van der Waals surface area contributed by atoms with Gasteiger partial charge in [-0.3, -0.25) is 62.3 Å². The number of aromatic hydroxyl groups is 1. The van der Waals surface area contributed by atoms with Gasteiger partial charge in [-0.25, -0.2) is 9.78 Å². The van der Waals surface area contributed by atoms with E-state index in [-0.39, 0.29) is 106 Å². The number of carbonyl (C=O) groups excluding carboxylic acids is 13. The molecule has 3 fully saturated rings. The fourth-order valence-electron chi connectivity index (χ4n) is 14.3. The Kier molecular flexibility index (Phi) is 32.0. The highest BCUT2D eigenvalue weighted by Crippen LogP contribution is 2.29. The summed E-state index contributed by atoms with van der Waals surface area (Å²) in [5.41, 5.74) is 16.1. The topological polar surface area (TPSA) is 519 Å². The first-order chi connectivity index (χ1) is 54.9. The van der Waals surface area contributed by atoms with Gasteiger partial charge in [0.2, 0.25) is 76.8 Å². The number of primary amides is 1. The Bertz CT molecular complexity index is 4440. The van der Waals surface area contributed by atoms with Crippen molar-refractivity contribution in [1.82, 2.24) is 82.9 Å². The summed E-state index contributed by atoms with van der Waals surface area (Å²) in [7, 11) is 2.11. The Morgan fingerprint density at radius 3 is 1.76 bits per heavy atom. The number of phenolic OH excluding ortho intramolecular Hbond substituents is 1. The van der Waals surface area contributed by atoms with Gasteiger partial charge in [-0.1, -0.05) is 118 Å². The number of aliphatic carboxylic acids is 1. The number of aromatic amines is 3. The number of carboxylic acids is 1. The van der Waals surface area contributed by atoms with Gasteiger partial charge in [-0.2, -0.15) is 0 Å². The van der Waals surface area contributed by atoms with Gasteiger partial charge in [0.15, 0.2) is 0 Å². The molecule has 13 atom stereocenters. The Morgan fingerprint density at radius 1 is 0.600 bits per heavy atom. The molecule has 620 valence electrons. The molecule has 3 aliphatic rings. The van der Waals surface area contributed by atoms with Crippen LogP contribution in [0.15, 0.2) is 97.7 Å². The number of carbonyl (C=O) groups is 14. The number of aromatic nitrogens is 4. The number of unbranched alkanes of at least 4 members (excludes halogenated alkanes) is 1. The Morgan fingerprint density at radius 2 is 1.15 bits per heavy atom. The van der Waals surface area contributed by atoms with Gasteiger partial charge in [0.25, 0.3) is 0 Å². The van der Waals surface area contributed by atoms with Crippen LogP contribution in [-0.2, 0) is 92.8 Å². The first-order valence-electron chi connectivity index (χ1n) is 39.0. The van der Waals surface area contributed by atoms with Gasteiger partial charge in [0.1, 0.15) is 78.3 Å². The Hall–Kier alpha value is -11.0. The van der Waals surface area contributed by atoms with Crippen LogP contribution >= 0.6 is 21.6 Å². The van der Waals surface area contributed by atoms with Crippen molar-refractivity contribution in [3.05, 3.63) is 120 Å². The molecule has 34 nitrogen and oxygen atoms in total. The molecule has 6 aromatic rings. The summed E-state index contributed by atoms with van der Waals surface area (Å²) in [5, 5.41) is 48.8. The number of carboxylic acid groups (broad SMARTS) is 1. The highest BCUT2D eigenvalue weighted by atomic mass is 33.1. The number of nitrogens with one attached hydrogen (secondary N) is 13. The van der Waals surface area contributed by atoms with Crippen molar-refractivity contribution < 1.29 is 77.3 Å². The number of hydrogen-bond donors (Lipinski definition) is 17. The lowest BCUT2D eigenvalue weighted by Gasteiger charge is -2.32. The van der Waals surface area contributed by atoms with E-state index in [9.17, 15) is 72.5 Å². The largest absolute Gasteiger partial charge is 0.508 e. The van der Waals surface area contributed by atoms with Crippen LogP contribution in [-0.4, -0.2) is 226 Å². The van der Waals surface area contributed by atoms with Gasteiger partial charge in [0.05, 0.1) is 12.4 Å². The summed E-state index contributed by atoms with van der Waals surface area (Å²) in [6.45, 7) is 10.6. The van der Waals surface area contributed by atoms with Crippen LogP contribution in [0.2, 0.25) is 0 Å². The van der Waals surface area contributed by atoms with Crippen molar-refractivity contribution in [2.75, 3.05) is 24.6 Å². The van der Waals surface area contributed by atoms with E-state index in [2.05, 4.69) is 73.1 Å². The first-order valence-corrected chi connectivity index (χ1v) is 41.4. The van der Waals surface area contributed by atoms with E-state index in [4.69, 9.17) is 11.5 Å². The minimum atomic E-state index is -1.59. The highest BCUT2D eigenvalue weighted by Gasteiger charge is 2.44. The van der Waals surface area contributed by atoms with Gasteiger partial charge in [-0.15, -0.1) is 0 Å². The average molecular weight is 1630 g/mol. The molecule has 0 spiro atoms. The maximum atomic E-state index is 15.1. The lowest BCUT2D eigenvalue weighted by molar-refractivity contribution is -0.143. The van der Waals surface area contributed by atoms with Gasteiger partial charge in [-0.05, 0) is 118 Å². The average Bonchev–Trinajstić information content (AvgIpc) is 1.76. The number of nitrogens with two attached hydrogens (primary N) is 2. The molecule has 19 N–H and O–H groups in total.